The van der Waals surface area contributed by atoms with Crippen LogP contribution in [0, 0.1) is 11.8 Å². The number of nitrogens with zero attached hydrogens (tertiary/aromatic N) is 5. The zero-order valence-electron chi connectivity index (χ0n) is 14.1. The van der Waals surface area contributed by atoms with Gasteiger partial charge in [-0.1, -0.05) is 13.8 Å². The largest absolute Gasteiger partial charge is 0.476 e. The van der Waals surface area contributed by atoms with Crippen molar-refractivity contribution in [1.29, 1.82) is 0 Å². The van der Waals surface area contributed by atoms with Gasteiger partial charge in [0.05, 0.1) is 25.2 Å². The van der Waals surface area contributed by atoms with Crippen LogP contribution in [0.5, 0.6) is 5.88 Å². The number of anilines is 1. The van der Waals surface area contributed by atoms with Crippen LogP contribution in [0.3, 0.4) is 0 Å². The van der Waals surface area contributed by atoms with E-state index in [2.05, 4.69) is 40.0 Å². The Morgan fingerprint density at radius 1 is 1.30 bits per heavy atom. The van der Waals surface area contributed by atoms with E-state index in [1.54, 1.807) is 6.20 Å². The van der Waals surface area contributed by atoms with Gasteiger partial charge in [0, 0.05) is 26.3 Å². The van der Waals surface area contributed by atoms with E-state index in [1.165, 1.54) is 12.0 Å². The van der Waals surface area contributed by atoms with Crippen molar-refractivity contribution in [3.8, 4) is 5.88 Å². The fourth-order valence-corrected chi connectivity index (χ4v) is 2.93. The summed E-state index contributed by atoms with van der Waals surface area (Å²) in [5.41, 5.74) is 1.31. The zero-order valence-corrected chi connectivity index (χ0v) is 14.1. The molecule has 1 aliphatic rings. The molecule has 0 aromatic carbocycles. The maximum absolute atomic E-state index is 5.68. The minimum absolute atomic E-state index is 0.483. The van der Waals surface area contributed by atoms with Gasteiger partial charge in [-0.15, -0.1) is 0 Å². The first kappa shape index (κ1) is 15.8. The lowest BCUT2D eigenvalue weighted by atomic mass is 10.0. The maximum Gasteiger partial charge on any atom is 0.234 e. The summed E-state index contributed by atoms with van der Waals surface area (Å²) in [5.74, 6) is 2.66. The van der Waals surface area contributed by atoms with Crippen LogP contribution in [0.4, 0.5) is 5.82 Å². The van der Waals surface area contributed by atoms with Crippen molar-refractivity contribution in [2.45, 2.75) is 26.7 Å². The SMILES string of the molecule is CC(C)COc1cncc(N2CC[C@H](Cc3cnn(C)c3)C2)n1. The Morgan fingerprint density at radius 2 is 2.17 bits per heavy atom. The Labute approximate surface area is 137 Å². The molecule has 0 unspecified atom stereocenters. The zero-order chi connectivity index (χ0) is 16.2. The van der Waals surface area contributed by atoms with Crippen molar-refractivity contribution in [2.24, 2.45) is 18.9 Å². The summed E-state index contributed by atoms with van der Waals surface area (Å²) in [7, 11) is 1.96. The number of aromatic nitrogens is 4. The molecule has 1 fully saturated rings. The Bertz CT molecular complexity index is 639. The van der Waals surface area contributed by atoms with E-state index in [0.29, 0.717) is 24.3 Å². The van der Waals surface area contributed by atoms with Crippen molar-refractivity contribution < 1.29 is 4.74 Å². The van der Waals surface area contributed by atoms with E-state index in [-0.39, 0.29) is 0 Å². The smallest absolute Gasteiger partial charge is 0.234 e. The first-order valence-corrected chi connectivity index (χ1v) is 8.27. The van der Waals surface area contributed by atoms with Crippen LogP contribution in [-0.4, -0.2) is 39.4 Å². The second-order valence-electron chi connectivity index (χ2n) is 6.75. The molecule has 0 amide bonds. The van der Waals surface area contributed by atoms with Gasteiger partial charge in [-0.3, -0.25) is 9.67 Å². The molecule has 6 nitrogen and oxygen atoms in total. The number of hydrogen-bond acceptors (Lipinski definition) is 5. The third-order valence-corrected chi connectivity index (χ3v) is 4.06. The maximum atomic E-state index is 5.68. The molecule has 6 heteroatoms. The monoisotopic (exact) mass is 315 g/mol. The van der Waals surface area contributed by atoms with Gasteiger partial charge in [-0.05, 0) is 30.2 Å². The van der Waals surface area contributed by atoms with Crippen molar-refractivity contribution in [3.63, 3.8) is 0 Å². The van der Waals surface area contributed by atoms with Gasteiger partial charge in [0.2, 0.25) is 5.88 Å². The summed E-state index contributed by atoms with van der Waals surface area (Å²) >= 11 is 0. The lowest BCUT2D eigenvalue weighted by molar-refractivity contribution is 0.260. The van der Waals surface area contributed by atoms with Crippen LogP contribution in [-0.2, 0) is 13.5 Å². The average molecular weight is 315 g/mol. The van der Waals surface area contributed by atoms with E-state index in [4.69, 9.17) is 4.74 Å². The molecular weight excluding hydrogens is 290 g/mol. The number of aryl methyl sites for hydroxylation is 1. The summed E-state index contributed by atoms with van der Waals surface area (Å²) in [6.07, 6.45) is 9.82. The molecule has 3 rings (SSSR count). The molecule has 1 aliphatic heterocycles. The molecule has 2 aromatic rings. The molecule has 1 atom stereocenters. The summed E-state index contributed by atoms with van der Waals surface area (Å²) in [5, 5.41) is 4.25. The predicted molar refractivity (Wildman–Crippen MR) is 89.6 cm³/mol. The molecule has 0 aliphatic carbocycles. The van der Waals surface area contributed by atoms with Crippen LogP contribution in [0.1, 0.15) is 25.8 Å². The van der Waals surface area contributed by atoms with E-state index < -0.39 is 0 Å². The third kappa shape index (κ3) is 4.21. The highest BCUT2D eigenvalue weighted by Gasteiger charge is 2.24. The molecule has 0 spiro atoms. The summed E-state index contributed by atoms with van der Waals surface area (Å²) in [4.78, 5) is 11.2. The molecule has 2 aromatic heterocycles. The van der Waals surface area contributed by atoms with E-state index in [0.717, 1.165) is 25.3 Å². The van der Waals surface area contributed by atoms with E-state index in [1.807, 2.05) is 24.1 Å². The van der Waals surface area contributed by atoms with Gasteiger partial charge in [0.15, 0.2) is 5.82 Å². The van der Waals surface area contributed by atoms with Crippen LogP contribution in [0.2, 0.25) is 0 Å². The number of rotatable bonds is 6. The first-order valence-electron chi connectivity index (χ1n) is 8.27. The van der Waals surface area contributed by atoms with Crippen molar-refractivity contribution in [3.05, 3.63) is 30.4 Å². The van der Waals surface area contributed by atoms with E-state index in [9.17, 15) is 0 Å². The Kier molecular flexibility index (Phi) is 4.79. The Balaban J connectivity index is 1.59. The first-order chi connectivity index (χ1) is 11.1. The van der Waals surface area contributed by atoms with Crippen molar-refractivity contribution in [2.75, 3.05) is 24.6 Å². The standard InChI is InChI=1S/C17H25N5O/c1-13(2)12-23-17-9-18-8-16(20-17)22-5-4-14(11-22)6-15-7-19-21(3)10-15/h7-10,13-14H,4-6,11-12H2,1-3H3/t14-/m1/s1. The van der Waals surface area contributed by atoms with Gasteiger partial charge in [0.1, 0.15) is 0 Å². The molecule has 0 bridgehead atoms. The molecule has 3 heterocycles. The molecule has 0 N–H and O–H groups in total. The molecule has 0 radical (unpaired) electrons. The van der Waals surface area contributed by atoms with Crippen LogP contribution in [0.15, 0.2) is 24.8 Å². The molecule has 0 saturated carbocycles. The number of ether oxygens (including phenoxy) is 1. The van der Waals surface area contributed by atoms with Gasteiger partial charge in [0.25, 0.3) is 0 Å². The van der Waals surface area contributed by atoms with E-state index >= 15 is 0 Å². The van der Waals surface area contributed by atoms with Crippen molar-refractivity contribution in [1.82, 2.24) is 19.7 Å². The molecular formula is C17H25N5O. The highest BCUT2D eigenvalue weighted by Crippen LogP contribution is 2.25. The molecule has 1 saturated heterocycles. The van der Waals surface area contributed by atoms with Crippen LogP contribution < -0.4 is 9.64 Å². The second-order valence-corrected chi connectivity index (χ2v) is 6.75. The summed E-state index contributed by atoms with van der Waals surface area (Å²) in [6, 6.07) is 0. The molecule has 124 valence electrons. The predicted octanol–water partition coefficient (Wildman–Crippen LogP) is 2.31. The fraction of sp³-hybridized carbons (Fsp3) is 0.588. The Hall–Kier alpha value is -2.11. The van der Waals surface area contributed by atoms with Gasteiger partial charge in [-0.25, -0.2) is 0 Å². The number of hydrogen-bond donors (Lipinski definition) is 0. The van der Waals surface area contributed by atoms with Crippen LogP contribution in [0.25, 0.3) is 0 Å². The topological polar surface area (TPSA) is 56.1 Å². The summed E-state index contributed by atoms with van der Waals surface area (Å²) < 4.78 is 7.55. The lowest BCUT2D eigenvalue weighted by Gasteiger charge is -2.18. The summed E-state index contributed by atoms with van der Waals surface area (Å²) in [6.45, 7) is 6.95. The highest BCUT2D eigenvalue weighted by atomic mass is 16.5. The third-order valence-electron chi connectivity index (χ3n) is 4.06. The van der Waals surface area contributed by atoms with Gasteiger partial charge < -0.3 is 9.64 Å². The van der Waals surface area contributed by atoms with Crippen LogP contribution >= 0.6 is 0 Å². The second kappa shape index (κ2) is 6.98. The minimum Gasteiger partial charge on any atom is -0.476 e. The Morgan fingerprint density at radius 3 is 2.91 bits per heavy atom. The average Bonchev–Trinajstić information content (AvgIpc) is 3.15. The fourth-order valence-electron chi connectivity index (χ4n) is 2.93. The van der Waals surface area contributed by atoms with Gasteiger partial charge in [-0.2, -0.15) is 10.1 Å². The normalized spacial score (nSPS) is 17.9. The van der Waals surface area contributed by atoms with Gasteiger partial charge >= 0.3 is 0 Å². The highest BCUT2D eigenvalue weighted by molar-refractivity contribution is 5.39. The quantitative estimate of drug-likeness (QED) is 0.819. The minimum atomic E-state index is 0.483. The lowest BCUT2D eigenvalue weighted by Crippen LogP contribution is -2.21. The molecule has 23 heavy (non-hydrogen) atoms. The van der Waals surface area contributed by atoms with Crippen molar-refractivity contribution >= 4 is 5.82 Å².